The summed E-state index contributed by atoms with van der Waals surface area (Å²) >= 11 is 0. The van der Waals surface area contributed by atoms with E-state index in [1.807, 2.05) is 0 Å². The Bertz CT molecular complexity index is 719. The average Bonchev–Trinajstić information content (AvgIpc) is 2.61. The molecule has 1 aromatic rings. The van der Waals surface area contributed by atoms with Crippen LogP contribution in [0.2, 0.25) is 0 Å². The topological polar surface area (TPSA) is 63.3 Å². The number of carbonyl (C=O) groups is 1. The molecule has 0 saturated carbocycles. The highest BCUT2D eigenvalue weighted by Crippen LogP contribution is 2.44. The maximum atomic E-state index is 13.3. The third kappa shape index (κ3) is 7.58. The molecule has 0 aliphatic heterocycles. The summed E-state index contributed by atoms with van der Waals surface area (Å²) in [5.74, 6) is -2.40. The molecule has 0 aliphatic carbocycles. The van der Waals surface area contributed by atoms with Gasteiger partial charge in [-0.2, -0.15) is 39.5 Å². The van der Waals surface area contributed by atoms with Crippen LogP contribution in [0.5, 0.6) is 0 Å². The number of carboxylic acid groups (broad SMARTS) is 1. The van der Waals surface area contributed by atoms with Crippen molar-refractivity contribution in [1.29, 1.82) is 0 Å². The van der Waals surface area contributed by atoms with Crippen LogP contribution in [-0.4, -0.2) is 17.6 Å². The van der Waals surface area contributed by atoms with E-state index >= 15 is 0 Å². The maximum Gasteiger partial charge on any atom is 0.416 e. The molecule has 0 fully saturated rings. The van der Waals surface area contributed by atoms with Crippen molar-refractivity contribution in [1.82, 2.24) is 0 Å². The van der Waals surface area contributed by atoms with E-state index in [1.165, 1.54) is 0 Å². The lowest BCUT2D eigenvalue weighted by atomic mass is 9.86. The first-order valence-corrected chi connectivity index (χ1v) is 9.33. The van der Waals surface area contributed by atoms with Gasteiger partial charge in [0.15, 0.2) is 0 Å². The van der Waals surface area contributed by atoms with Gasteiger partial charge in [-0.3, -0.25) is 4.79 Å². The van der Waals surface area contributed by atoms with Crippen LogP contribution in [0.25, 0.3) is 0 Å². The minimum atomic E-state index is -5.42. The molecule has 1 rings (SSSR count). The predicted molar refractivity (Wildman–Crippen MR) is 93.0 cm³/mol. The molecule has 3 N–H and O–H groups in total. The molecule has 3 nitrogen and oxygen atoms in total. The second kappa shape index (κ2) is 10.1. The summed E-state index contributed by atoms with van der Waals surface area (Å²) in [6.07, 6.45) is -16.6. The van der Waals surface area contributed by atoms with Crippen molar-refractivity contribution < 1.29 is 49.4 Å². The van der Waals surface area contributed by atoms with Gasteiger partial charge in [0.1, 0.15) is 0 Å². The Balaban J connectivity index is 3.27. The van der Waals surface area contributed by atoms with Crippen molar-refractivity contribution in [2.45, 2.75) is 57.6 Å². The summed E-state index contributed by atoms with van der Waals surface area (Å²) in [6.45, 7) is 1.50. The smallest absolute Gasteiger partial charge is 0.416 e. The van der Waals surface area contributed by atoms with Crippen LogP contribution < -0.4 is 5.73 Å². The minimum Gasteiger partial charge on any atom is -0.481 e. The Labute approximate surface area is 172 Å². The number of hydrogen-bond donors (Lipinski definition) is 2. The fourth-order valence-corrected chi connectivity index (χ4v) is 3.37. The third-order valence-corrected chi connectivity index (χ3v) is 5.06. The van der Waals surface area contributed by atoms with Crippen LogP contribution >= 0.6 is 0 Å². The lowest BCUT2D eigenvalue weighted by Crippen LogP contribution is -2.26. The molecular weight excluding hydrogens is 445 g/mol. The maximum absolute atomic E-state index is 13.3. The van der Waals surface area contributed by atoms with Crippen molar-refractivity contribution in [3.63, 3.8) is 0 Å². The highest BCUT2D eigenvalue weighted by Gasteiger charge is 2.44. The highest BCUT2D eigenvalue weighted by molar-refractivity contribution is 5.70. The van der Waals surface area contributed by atoms with E-state index in [0.717, 1.165) is 0 Å². The molecule has 2 unspecified atom stereocenters. The van der Waals surface area contributed by atoms with Gasteiger partial charge in [-0.25, -0.2) is 0 Å². The zero-order valence-electron chi connectivity index (χ0n) is 16.4. The Morgan fingerprint density at radius 1 is 0.968 bits per heavy atom. The van der Waals surface area contributed by atoms with Crippen molar-refractivity contribution in [2.75, 3.05) is 6.54 Å². The van der Waals surface area contributed by atoms with E-state index in [2.05, 4.69) is 0 Å². The molecular formula is C19H22F9NO2. The van der Waals surface area contributed by atoms with Crippen molar-refractivity contribution in [2.24, 2.45) is 17.6 Å². The average molecular weight is 467 g/mol. The quantitative estimate of drug-likeness (QED) is 0.429. The lowest BCUT2D eigenvalue weighted by Gasteiger charge is -2.23. The summed E-state index contributed by atoms with van der Waals surface area (Å²) in [6, 6.07) is -0.618. The molecule has 2 atom stereocenters. The number of halogens is 9. The summed E-state index contributed by atoms with van der Waals surface area (Å²) < 4.78 is 119. The molecule has 12 heteroatoms. The SMILES string of the molecule is CCC(CCCc1c(C(F)(F)F)cc(C(F)(F)F)cc1C(F)(F)F)CC(CN)C(=O)O. The Morgan fingerprint density at radius 3 is 1.77 bits per heavy atom. The first kappa shape index (κ1) is 27.1. The Morgan fingerprint density at radius 2 is 1.45 bits per heavy atom. The van der Waals surface area contributed by atoms with Gasteiger partial charge in [-0.15, -0.1) is 0 Å². The normalized spacial score (nSPS) is 15.1. The van der Waals surface area contributed by atoms with Gasteiger partial charge in [-0.05, 0) is 42.9 Å². The van der Waals surface area contributed by atoms with Crippen LogP contribution in [-0.2, 0) is 29.7 Å². The van der Waals surface area contributed by atoms with Crippen molar-refractivity contribution >= 4 is 5.97 Å². The second-order valence-electron chi connectivity index (χ2n) is 7.22. The van der Waals surface area contributed by atoms with Crippen molar-refractivity contribution in [3.8, 4) is 0 Å². The largest absolute Gasteiger partial charge is 0.481 e. The van der Waals surface area contributed by atoms with E-state index in [4.69, 9.17) is 10.8 Å². The van der Waals surface area contributed by atoms with Gasteiger partial charge in [0.2, 0.25) is 0 Å². The molecule has 0 radical (unpaired) electrons. The second-order valence-corrected chi connectivity index (χ2v) is 7.22. The molecule has 0 bridgehead atoms. The van der Waals surface area contributed by atoms with Crippen LogP contribution in [0.1, 0.15) is 54.9 Å². The predicted octanol–water partition coefficient (Wildman–Crippen LogP) is 6.14. The molecule has 0 aliphatic rings. The molecule has 0 saturated heterocycles. The van der Waals surface area contributed by atoms with E-state index in [9.17, 15) is 44.3 Å². The van der Waals surface area contributed by atoms with Gasteiger partial charge >= 0.3 is 24.5 Å². The summed E-state index contributed by atoms with van der Waals surface area (Å²) in [5, 5.41) is 9.04. The molecule has 1 aromatic carbocycles. The van der Waals surface area contributed by atoms with E-state index < -0.39 is 59.1 Å². The number of rotatable bonds is 9. The third-order valence-electron chi connectivity index (χ3n) is 5.06. The van der Waals surface area contributed by atoms with Gasteiger partial charge in [0, 0.05) is 6.54 Å². The molecule has 0 spiro atoms. The monoisotopic (exact) mass is 467 g/mol. The first-order valence-electron chi connectivity index (χ1n) is 9.33. The summed E-state index contributed by atoms with van der Waals surface area (Å²) in [5.41, 5.74) is -1.88. The fraction of sp³-hybridized carbons (Fsp3) is 0.632. The Hall–Kier alpha value is -1.98. The molecule has 31 heavy (non-hydrogen) atoms. The number of hydrogen-bond acceptors (Lipinski definition) is 2. The van der Waals surface area contributed by atoms with Gasteiger partial charge < -0.3 is 10.8 Å². The number of nitrogens with two attached hydrogens (primary N) is 1. The summed E-state index contributed by atoms with van der Waals surface area (Å²) in [7, 11) is 0. The van der Waals surface area contributed by atoms with Crippen LogP contribution in [0.4, 0.5) is 39.5 Å². The van der Waals surface area contributed by atoms with Crippen LogP contribution in [0.3, 0.4) is 0 Å². The van der Waals surface area contributed by atoms with Gasteiger partial charge in [0.25, 0.3) is 0 Å². The zero-order valence-corrected chi connectivity index (χ0v) is 16.4. The molecule has 0 amide bonds. The number of aliphatic carboxylic acids is 1. The number of alkyl halides is 9. The number of benzene rings is 1. The lowest BCUT2D eigenvalue weighted by molar-refractivity contribution is -0.149. The zero-order chi connectivity index (χ0) is 24.2. The molecule has 0 aromatic heterocycles. The fourth-order valence-electron chi connectivity index (χ4n) is 3.37. The number of carboxylic acids is 1. The van der Waals surface area contributed by atoms with Gasteiger partial charge in [-0.1, -0.05) is 19.8 Å². The molecule has 178 valence electrons. The van der Waals surface area contributed by atoms with E-state index in [0.29, 0.717) is 6.42 Å². The van der Waals surface area contributed by atoms with Crippen molar-refractivity contribution in [3.05, 3.63) is 34.4 Å². The minimum absolute atomic E-state index is 0.0909. The summed E-state index contributed by atoms with van der Waals surface area (Å²) in [4.78, 5) is 11.1. The van der Waals surface area contributed by atoms with E-state index in [-0.39, 0.29) is 43.9 Å². The van der Waals surface area contributed by atoms with Gasteiger partial charge in [0.05, 0.1) is 22.6 Å². The van der Waals surface area contributed by atoms with Crippen LogP contribution in [0.15, 0.2) is 12.1 Å². The molecule has 0 heterocycles. The standard InChI is InChI=1S/C19H22F9NO2/c1-2-10(6-11(9-29)16(30)31)4-3-5-13-14(18(23,24)25)7-12(17(20,21)22)8-15(13)19(26,27)28/h7-8,10-11H,2-6,9,29H2,1H3,(H,30,31). The first-order chi connectivity index (χ1) is 14.0. The van der Waals surface area contributed by atoms with E-state index in [1.54, 1.807) is 6.92 Å². The Kier molecular flexibility index (Phi) is 8.81. The highest BCUT2D eigenvalue weighted by atomic mass is 19.4. The van der Waals surface area contributed by atoms with Crippen LogP contribution in [0, 0.1) is 11.8 Å².